The monoisotopic (exact) mass is 358 g/mol. The average molecular weight is 358 g/mol. The van der Waals surface area contributed by atoms with Gasteiger partial charge >= 0.3 is 11.9 Å². The van der Waals surface area contributed by atoms with Crippen LogP contribution < -0.4 is 0 Å². The molecule has 6 nitrogen and oxygen atoms in total. The minimum atomic E-state index is -1.19. The summed E-state index contributed by atoms with van der Waals surface area (Å²) >= 11 is 0. The van der Waals surface area contributed by atoms with Crippen LogP contribution in [0, 0.1) is 5.92 Å². The number of ether oxygens (including phenoxy) is 3. The van der Waals surface area contributed by atoms with Crippen LogP contribution in [0.25, 0.3) is 0 Å². The molecule has 2 saturated heterocycles. The molecule has 0 unspecified atom stereocenters. The molecular weight excluding hydrogens is 336 g/mol. The van der Waals surface area contributed by atoms with Crippen molar-refractivity contribution in [1.82, 2.24) is 0 Å². The molecule has 0 spiro atoms. The maximum atomic E-state index is 12.5. The minimum absolute atomic E-state index is 0.0959. The minimum Gasteiger partial charge on any atom is -0.479 e. The van der Waals surface area contributed by atoms with Gasteiger partial charge in [0, 0.05) is 30.1 Å². The van der Waals surface area contributed by atoms with Crippen LogP contribution in [0.1, 0.15) is 33.6 Å². The molecule has 0 amide bonds. The first-order chi connectivity index (χ1) is 12.2. The Balaban J connectivity index is 2.02. The predicted octanol–water partition coefficient (Wildman–Crippen LogP) is 2.55. The fourth-order valence-corrected chi connectivity index (χ4v) is 3.51. The van der Waals surface area contributed by atoms with E-state index in [0.29, 0.717) is 16.9 Å². The number of hydrogen-bond donors (Lipinski definition) is 0. The van der Waals surface area contributed by atoms with Crippen molar-refractivity contribution >= 4 is 17.7 Å². The molecular formula is C20H22O6. The molecule has 2 bridgehead atoms. The molecule has 138 valence electrons. The van der Waals surface area contributed by atoms with E-state index < -0.39 is 35.7 Å². The van der Waals surface area contributed by atoms with E-state index in [4.69, 9.17) is 14.2 Å². The van der Waals surface area contributed by atoms with E-state index in [9.17, 15) is 14.4 Å². The molecule has 0 N–H and O–H groups in total. The molecule has 3 heterocycles. The SMILES string of the molecule is C=C1C[C@H]2OC(=O)C(=C)[C@H]2[C@H](OC(=O)/C(C)=C\C)C[C@@]2(C)OC1=CC2=O. The first-order valence-electron chi connectivity index (χ1n) is 8.53. The van der Waals surface area contributed by atoms with Gasteiger partial charge in [-0.3, -0.25) is 4.79 Å². The molecule has 26 heavy (non-hydrogen) atoms. The van der Waals surface area contributed by atoms with Crippen LogP contribution in [0.5, 0.6) is 0 Å². The predicted molar refractivity (Wildman–Crippen MR) is 92.8 cm³/mol. The summed E-state index contributed by atoms with van der Waals surface area (Å²) in [5.74, 6) is -1.41. The summed E-state index contributed by atoms with van der Waals surface area (Å²) in [5.41, 5.74) is 0.0514. The number of hydrogen-bond acceptors (Lipinski definition) is 6. The van der Waals surface area contributed by atoms with E-state index in [1.54, 1.807) is 26.8 Å². The number of esters is 2. The molecule has 2 fully saturated rings. The van der Waals surface area contributed by atoms with E-state index in [0.717, 1.165) is 0 Å². The summed E-state index contributed by atoms with van der Waals surface area (Å²) in [7, 11) is 0. The zero-order chi connectivity index (χ0) is 19.2. The fraction of sp³-hybridized carbons (Fsp3) is 0.450. The summed E-state index contributed by atoms with van der Waals surface area (Å²) in [6.45, 7) is 12.8. The summed E-state index contributed by atoms with van der Waals surface area (Å²) in [6, 6.07) is 0. The van der Waals surface area contributed by atoms with Gasteiger partial charge in [-0.05, 0) is 26.3 Å². The molecule has 0 aromatic heterocycles. The van der Waals surface area contributed by atoms with E-state index in [1.807, 2.05) is 0 Å². The van der Waals surface area contributed by atoms with Crippen LogP contribution in [-0.4, -0.2) is 35.5 Å². The Hall–Kier alpha value is -2.63. The molecule has 0 aliphatic carbocycles. The Morgan fingerprint density at radius 1 is 1.38 bits per heavy atom. The van der Waals surface area contributed by atoms with Gasteiger partial charge in [0.1, 0.15) is 18.0 Å². The van der Waals surface area contributed by atoms with Crippen molar-refractivity contribution in [3.8, 4) is 0 Å². The molecule has 3 aliphatic heterocycles. The third-order valence-corrected chi connectivity index (χ3v) is 5.24. The van der Waals surface area contributed by atoms with Crippen molar-refractivity contribution in [3.63, 3.8) is 0 Å². The van der Waals surface area contributed by atoms with Crippen LogP contribution in [0.15, 0.2) is 47.8 Å². The molecule has 3 rings (SSSR count). The Morgan fingerprint density at radius 3 is 2.73 bits per heavy atom. The van der Waals surface area contributed by atoms with Gasteiger partial charge in [-0.15, -0.1) is 0 Å². The van der Waals surface area contributed by atoms with Crippen molar-refractivity contribution in [2.75, 3.05) is 0 Å². The van der Waals surface area contributed by atoms with Gasteiger partial charge in [-0.2, -0.15) is 0 Å². The first kappa shape index (κ1) is 18.2. The maximum Gasteiger partial charge on any atom is 0.334 e. The van der Waals surface area contributed by atoms with E-state index in [1.165, 1.54) is 6.08 Å². The van der Waals surface area contributed by atoms with Gasteiger partial charge in [-0.1, -0.05) is 19.2 Å². The quantitative estimate of drug-likeness (QED) is 0.558. The van der Waals surface area contributed by atoms with Gasteiger partial charge in [0.15, 0.2) is 5.60 Å². The van der Waals surface area contributed by atoms with Crippen LogP contribution in [0.3, 0.4) is 0 Å². The smallest absolute Gasteiger partial charge is 0.334 e. The molecule has 0 aromatic carbocycles. The van der Waals surface area contributed by atoms with E-state index in [2.05, 4.69) is 13.2 Å². The number of carbonyl (C=O) groups is 3. The van der Waals surface area contributed by atoms with Crippen molar-refractivity contribution in [3.05, 3.63) is 47.8 Å². The van der Waals surface area contributed by atoms with Crippen molar-refractivity contribution < 1.29 is 28.6 Å². The number of ketones is 1. The van der Waals surface area contributed by atoms with E-state index >= 15 is 0 Å². The van der Waals surface area contributed by atoms with Gasteiger partial charge in [0.2, 0.25) is 5.78 Å². The highest BCUT2D eigenvalue weighted by Gasteiger charge is 2.52. The molecule has 6 heteroatoms. The van der Waals surface area contributed by atoms with E-state index in [-0.39, 0.29) is 24.2 Å². The molecule has 3 aliphatic rings. The van der Waals surface area contributed by atoms with Crippen LogP contribution in [-0.2, 0) is 28.6 Å². The zero-order valence-electron chi connectivity index (χ0n) is 15.2. The lowest BCUT2D eigenvalue weighted by atomic mass is 9.81. The summed E-state index contributed by atoms with van der Waals surface area (Å²) < 4.78 is 17.0. The van der Waals surface area contributed by atoms with Crippen molar-refractivity contribution in [1.29, 1.82) is 0 Å². The molecule has 4 atom stereocenters. The second-order valence-corrected chi connectivity index (χ2v) is 7.13. The highest BCUT2D eigenvalue weighted by Crippen LogP contribution is 2.44. The van der Waals surface area contributed by atoms with Crippen molar-refractivity contribution in [2.24, 2.45) is 5.92 Å². The average Bonchev–Trinajstić information content (AvgIpc) is 3.03. The topological polar surface area (TPSA) is 78.9 Å². The Bertz CT molecular complexity index is 786. The number of carbonyl (C=O) groups excluding carboxylic acids is 3. The third kappa shape index (κ3) is 2.89. The number of rotatable bonds is 2. The molecule has 0 radical (unpaired) electrons. The highest BCUT2D eigenvalue weighted by molar-refractivity contribution is 6.00. The van der Waals surface area contributed by atoms with Gasteiger partial charge in [0.05, 0.1) is 5.92 Å². The highest BCUT2D eigenvalue weighted by atomic mass is 16.6. The first-order valence-corrected chi connectivity index (χ1v) is 8.53. The van der Waals surface area contributed by atoms with Gasteiger partial charge in [-0.25, -0.2) is 9.59 Å². The largest absolute Gasteiger partial charge is 0.479 e. The summed E-state index contributed by atoms with van der Waals surface area (Å²) in [6.07, 6.45) is 2.08. The fourth-order valence-electron chi connectivity index (χ4n) is 3.51. The Labute approximate surface area is 152 Å². The number of allylic oxidation sites excluding steroid dienone is 2. The third-order valence-electron chi connectivity index (χ3n) is 5.24. The van der Waals surface area contributed by atoms with Gasteiger partial charge in [0.25, 0.3) is 0 Å². The van der Waals surface area contributed by atoms with Crippen LogP contribution >= 0.6 is 0 Å². The summed E-state index contributed by atoms with van der Waals surface area (Å²) in [5, 5.41) is 0. The molecule has 0 aromatic rings. The maximum absolute atomic E-state index is 12.5. The Kier molecular flexibility index (Phi) is 4.38. The Morgan fingerprint density at radius 2 is 2.08 bits per heavy atom. The summed E-state index contributed by atoms with van der Waals surface area (Å²) in [4.78, 5) is 36.9. The lowest BCUT2D eigenvalue weighted by Crippen LogP contribution is -2.43. The van der Waals surface area contributed by atoms with Crippen LogP contribution in [0.2, 0.25) is 0 Å². The van der Waals surface area contributed by atoms with Crippen LogP contribution in [0.4, 0.5) is 0 Å². The number of fused-ring (bicyclic) bond motifs is 3. The second kappa shape index (κ2) is 6.27. The lowest BCUT2D eigenvalue weighted by molar-refractivity contribution is -0.153. The second-order valence-electron chi connectivity index (χ2n) is 7.13. The normalized spacial score (nSPS) is 34.2. The lowest BCUT2D eigenvalue weighted by Gasteiger charge is -2.31. The molecule has 0 saturated carbocycles. The van der Waals surface area contributed by atoms with Crippen molar-refractivity contribution in [2.45, 2.75) is 51.4 Å². The zero-order valence-corrected chi connectivity index (χ0v) is 15.2. The standard InChI is InChI=1S/C20H22O6/c1-6-10(2)18(22)25-15-9-20(5)16(21)8-13(26-20)11(3)7-14-17(15)12(4)19(23)24-14/h6,8,14-15,17H,3-4,7,9H2,1-2,5H3/b10-6-/t14-,15-,17-,20-/m1/s1. The van der Waals surface area contributed by atoms with Gasteiger partial charge < -0.3 is 14.2 Å².